The number of para-hydroxylation sites is 1. The minimum absolute atomic E-state index is 0.622. The molecule has 1 N–H and O–H groups in total. The first-order valence-corrected chi connectivity index (χ1v) is 5.17. The number of rotatable bonds is 2. The van der Waals surface area contributed by atoms with Gasteiger partial charge in [-0.3, -0.25) is 4.79 Å². The summed E-state index contributed by atoms with van der Waals surface area (Å²) in [6, 6.07) is 5.83. The molecule has 0 atom stereocenters. The van der Waals surface area contributed by atoms with Crippen LogP contribution in [0.2, 0.25) is 0 Å². The van der Waals surface area contributed by atoms with Crippen LogP contribution in [0.1, 0.15) is 0 Å². The molecular formula is C8H5BrN2OS. The van der Waals surface area contributed by atoms with Gasteiger partial charge < -0.3 is 5.32 Å². The molecule has 0 radical (unpaired) electrons. The zero-order chi connectivity index (χ0) is 9.26. The van der Waals surface area contributed by atoms with Gasteiger partial charge in [-0.15, -0.1) is 0 Å². The lowest BCUT2D eigenvalue weighted by atomic mass is 10.3. The van der Waals surface area contributed by atoms with Gasteiger partial charge in [-0.2, -0.15) is 0 Å². The maximum absolute atomic E-state index is 10.2. The Morgan fingerprint density at radius 3 is 3.08 bits per heavy atom. The molecule has 2 rings (SSSR count). The minimum Gasteiger partial charge on any atom is -0.305 e. The van der Waals surface area contributed by atoms with Gasteiger partial charge in [-0.1, -0.05) is 17.4 Å². The van der Waals surface area contributed by atoms with E-state index in [2.05, 4.69) is 26.2 Å². The second kappa shape index (κ2) is 3.43. The number of halogens is 1. The average Bonchev–Trinajstić information content (AvgIpc) is 2.49. The molecule has 13 heavy (non-hydrogen) atoms. The van der Waals surface area contributed by atoms with Crippen molar-refractivity contribution in [2.45, 2.75) is 0 Å². The molecule has 0 saturated heterocycles. The van der Waals surface area contributed by atoms with Gasteiger partial charge in [0.05, 0.1) is 10.2 Å². The molecule has 0 bridgehead atoms. The highest BCUT2D eigenvalue weighted by atomic mass is 79.9. The number of amides is 1. The Morgan fingerprint density at radius 2 is 2.38 bits per heavy atom. The highest BCUT2D eigenvalue weighted by Crippen LogP contribution is 2.30. The summed E-state index contributed by atoms with van der Waals surface area (Å²) in [6.45, 7) is 0. The molecule has 0 saturated carbocycles. The van der Waals surface area contributed by atoms with Gasteiger partial charge in [-0.05, 0) is 28.1 Å². The molecule has 0 fully saturated rings. The fourth-order valence-electron chi connectivity index (χ4n) is 1.03. The first-order valence-electron chi connectivity index (χ1n) is 3.56. The van der Waals surface area contributed by atoms with Crippen molar-refractivity contribution in [2.24, 2.45) is 0 Å². The van der Waals surface area contributed by atoms with Crippen molar-refractivity contribution in [2.75, 3.05) is 5.32 Å². The molecule has 1 heterocycles. The number of nitrogens with one attached hydrogen (secondary N) is 1. The first-order chi connectivity index (χ1) is 6.31. The predicted octanol–water partition coefficient (Wildman–Crippen LogP) is 2.63. The van der Waals surface area contributed by atoms with Crippen LogP contribution >= 0.6 is 27.3 Å². The summed E-state index contributed by atoms with van der Waals surface area (Å²) in [5.41, 5.74) is 0.886. The van der Waals surface area contributed by atoms with E-state index in [-0.39, 0.29) is 0 Å². The Morgan fingerprint density at radius 1 is 1.54 bits per heavy atom. The van der Waals surface area contributed by atoms with Crippen LogP contribution in [0.15, 0.2) is 22.7 Å². The van der Waals surface area contributed by atoms with Crippen LogP contribution in [0, 0.1) is 0 Å². The number of benzene rings is 1. The summed E-state index contributed by atoms with van der Waals surface area (Å²) in [6.07, 6.45) is 0.631. The Bertz CT molecular complexity index is 454. The highest BCUT2D eigenvalue weighted by molar-refractivity contribution is 9.10. The Kier molecular flexibility index (Phi) is 2.28. The van der Waals surface area contributed by atoms with Gasteiger partial charge in [0.2, 0.25) is 6.41 Å². The molecular weight excluding hydrogens is 252 g/mol. The molecule has 5 heteroatoms. The van der Waals surface area contributed by atoms with Gasteiger partial charge in [-0.25, -0.2) is 4.98 Å². The molecule has 3 nitrogen and oxygen atoms in total. The normalized spacial score (nSPS) is 10.2. The highest BCUT2D eigenvalue weighted by Gasteiger charge is 2.04. The summed E-state index contributed by atoms with van der Waals surface area (Å²) in [5.74, 6) is 0. The molecule has 0 aliphatic carbocycles. The summed E-state index contributed by atoms with van der Waals surface area (Å²) < 4.78 is 2.00. The van der Waals surface area contributed by atoms with Crippen LogP contribution in [0.25, 0.3) is 10.2 Å². The monoisotopic (exact) mass is 256 g/mol. The van der Waals surface area contributed by atoms with E-state index in [4.69, 9.17) is 0 Å². The first kappa shape index (κ1) is 8.65. The topological polar surface area (TPSA) is 42.0 Å². The summed E-state index contributed by atoms with van der Waals surface area (Å²) >= 11 is 4.84. The van der Waals surface area contributed by atoms with Crippen molar-refractivity contribution in [3.8, 4) is 0 Å². The quantitative estimate of drug-likeness (QED) is 0.840. The number of hydrogen-bond donors (Lipinski definition) is 1. The standard InChI is InChI=1S/C8H5BrN2OS/c9-5-2-1-3-6-7(5)11-8(13-6)10-4-12/h1-4H,(H,10,11,12). The van der Waals surface area contributed by atoms with Crippen molar-refractivity contribution in [1.29, 1.82) is 0 Å². The number of aromatic nitrogens is 1. The van der Waals surface area contributed by atoms with Crippen LogP contribution in [-0.4, -0.2) is 11.4 Å². The molecule has 0 spiro atoms. The lowest BCUT2D eigenvalue weighted by Crippen LogP contribution is -1.91. The zero-order valence-electron chi connectivity index (χ0n) is 6.45. The van der Waals surface area contributed by atoms with Crippen molar-refractivity contribution in [3.05, 3.63) is 22.7 Å². The van der Waals surface area contributed by atoms with Crippen LogP contribution < -0.4 is 5.32 Å². The van der Waals surface area contributed by atoms with Crippen molar-refractivity contribution < 1.29 is 4.79 Å². The van der Waals surface area contributed by atoms with Crippen molar-refractivity contribution in [3.63, 3.8) is 0 Å². The molecule has 66 valence electrons. The SMILES string of the molecule is O=CNc1nc2c(Br)cccc2s1. The molecule has 1 aromatic heterocycles. The van der Waals surface area contributed by atoms with Crippen molar-refractivity contribution in [1.82, 2.24) is 4.98 Å². The molecule has 2 aromatic rings. The molecule has 0 aliphatic heterocycles. The lowest BCUT2D eigenvalue weighted by Gasteiger charge is -1.88. The zero-order valence-corrected chi connectivity index (χ0v) is 8.85. The Labute approximate surface area is 86.9 Å². The van der Waals surface area contributed by atoms with E-state index in [0.717, 1.165) is 14.7 Å². The number of fused-ring (bicyclic) bond motifs is 1. The van der Waals surface area contributed by atoms with E-state index in [1.165, 1.54) is 11.3 Å². The maximum atomic E-state index is 10.2. The number of carbonyl (C=O) groups is 1. The lowest BCUT2D eigenvalue weighted by molar-refractivity contribution is -0.105. The minimum atomic E-state index is 0.622. The Balaban J connectivity index is 2.61. The molecule has 0 unspecified atom stereocenters. The second-order valence-corrected chi connectivity index (χ2v) is 4.25. The van der Waals surface area contributed by atoms with Crippen LogP contribution in [0.4, 0.5) is 5.13 Å². The number of hydrogen-bond acceptors (Lipinski definition) is 3. The fraction of sp³-hybridized carbons (Fsp3) is 0. The third-order valence-corrected chi connectivity index (χ3v) is 3.14. The van der Waals surface area contributed by atoms with E-state index in [9.17, 15) is 4.79 Å². The van der Waals surface area contributed by atoms with Gasteiger partial charge >= 0.3 is 0 Å². The van der Waals surface area contributed by atoms with Crippen LogP contribution in [-0.2, 0) is 4.79 Å². The van der Waals surface area contributed by atoms with E-state index in [1.54, 1.807) is 0 Å². The largest absolute Gasteiger partial charge is 0.305 e. The number of thiazole rings is 1. The van der Waals surface area contributed by atoms with Crippen LogP contribution in [0.5, 0.6) is 0 Å². The van der Waals surface area contributed by atoms with E-state index in [1.807, 2.05) is 18.2 Å². The van der Waals surface area contributed by atoms with Gasteiger partial charge in [0, 0.05) is 4.47 Å². The molecule has 1 amide bonds. The van der Waals surface area contributed by atoms with Gasteiger partial charge in [0.15, 0.2) is 5.13 Å². The summed E-state index contributed by atoms with van der Waals surface area (Å²) in [5, 5.41) is 3.15. The van der Waals surface area contributed by atoms with E-state index in [0.29, 0.717) is 11.5 Å². The third kappa shape index (κ3) is 1.57. The molecule has 1 aromatic carbocycles. The average molecular weight is 257 g/mol. The number of anilines is 1. The number of carbonyl (C=O) groups excluding carboxylic acids is 1. The summed E-state index contributed by atoms with van der Waals surface area (Å²) in [7, 11) is 0. The smallest absolute Gasteiger partial charge is 0.213 e. The van der Waals surface area contributed by atoms with E-state index >= 15 is 0 Å². The van der Waals surface area contributed by atoms with Gasteiger partial charge in [0.1, 0.15) is 0 Å². The van der Waals surface area contributed by atoms with Gasteiger partial charge in [0.25, 0.3) is 0 Å². The maximum Gasteiger partial charge on any atom is 0.213 e. The second-order valence-electron chi connectivity index (χ2n) is 2.37. The molecule has 0 aliphatic rings. The predicted molar refractivity (Wildman–Crippen MR) is 57.0 cm³/mol. The third-order valence-electron chi connectivity index (χ3n) is 1.55. The Hall–Kier alpha value is -0.940. The number of nitrogens with zero attached hydrogens (tertiary/aromatic N) is 1. The fourth-order valence-corrected chi connectivity index (χ4v) is 2.46. The van der Waals surface area contributed by atoms with Crippen LogP contribution in [0.3, 0.4) is 0 Å². The van der Waals surface area contributed by atoms with E-state index < -0.39 is 0 Å². The van der Waals surface area contributed by atoms with Crippen molar-refractivity contribution >= 4 is 49.0 Å². The summed E-state index contributed by atoms with van der Waals surface area (Å²) in [4.78, 5) is 14.4.